The second-order valence-corrected chi connectivity index (χ2v) is 7.70. The highest BCUT2D eigenvalue weighted by Gasteiger charge is 2.33. The van der Waals surface area contributed by atoms with Crippen molar-refractivity contribution in [2.75, 3.05) is 4.90 Å². The minimum Gasteiger partial charge on any atom is -0.508 e. The minimum atomic E-state index is -0.185. The van der Waals surface area contributed by atoms with Gasteiger partial charge in [0.2, 0.25) is 0 Å². The number of para-hydroxylation sites is 1. The van der Waals surface area contributed by atoms with Crippen LogP contribution in [0.15, 0.2) is 83.8 Å². The van der Waals surface area contributed by atoms with Gasteiger partial charge in [-0.15, -0.1) is 0 Å². The van der Waals surface area contributed by atoms with Crippen LogP contribution in [0.4, 0.5) is 5.69 Å². The van der Waals surface area contributed by atoms with Gasteiger partial charge in [0, 0.05) is 0 Å². The fourth-order valence-corrected chi connectivity index (χ4v) is 4.04. The van der Waals surface area contributed by atoms with Crippen LogP contribution >= 0.6 is 24.0 Å². The van der Waals surface area contributed by atoms with Crippen molar-refractivity contribution in [3.05, 3.63) is 89.3 Å². The van der Waals surface area contributed by atoms with Gasteiger partial charge in [0.05, 0.1) is 10.6 Å². The molecule has 0 unspecified atom stereocenters. The normalized spacial score (nSPS) is 15.3. The lowest BCUT2D eigenvalue weighted by atomic mass is 10.2. The minimum absolute atomic E-state index is 0.151. The predicted octanol–water partition coefficient (Wildman–Crippen LogP) is 5.59. The smallest absolute Gasteiger partial charge is 0.270 e. The van der Waals surface area contributed by atoms with E-state index in [4.69, 9.17) is 17.0 Å². The standard InChI is InChI=1S/C22H15NO3S2/c24-17-6-4-5-15(13-17)14-20-21(25)23(22(27)28-20)16-9-11-19(12-10-16)26-18-7-2-1-3-8-18/h1-14,24H. The summed E-state index contributed by atoms with van der Waals surface area (Å²) in [5, 5.41) is 9.60. The van der Waals surface area contributed by atoms with E-state index in [0.29, 0.717) is 20.7 Å². The molecule has 1 aliphatic heterocycles. The molecule has 1 heterocycles. The number of phenolic OH excluding ortho intramolecular Hbond substituents is 1. The van der Waals surface area contributed by atoms with Crippen LogP contribution in [0.25, 0.3) is 6.08 Å². The van der Waals surface area contributed by atoms with E-state index in [1.54, 1.807) is 48.5 Å². The van der Waals surface area contributed by atoms with Gasteiger partial charge in [-0.05, 0) is 60.2 Å². The van der Waals surface area contributed by atoms with Crippen LogP contribution in [0.3, 0.4) is 0 Å². The molecule has 0 atom stereocenters. The number of thiocarbonyl (C=S) groups is 1. The highest BCUT2D eigenvalue weighted by atomic mass is 32.2. The van der Waals surface area contributed by atoms with Crippen molar-refractivity contribution in [1.82, 2.24) is 0 Å². The van der Waals surface area contributed by atoms with Gasteiger partial charge in [-0.2, -0.15) is 0 Å². The van der Waals surface area contributed by atoms with Gasteiger partial charge in [0.1, 0.15) is 17.2 Å². The molecule has 0 spiro atoms. The third-order valence-electron chi connectivity index (χ3n) is 4.04. The Morgan fingerprint density at radius 3 is 2.36 bits per heavy atom. The van der Waals surface area contributed by atoms with E-state index in [0.717, 1.165) is 11.3 Å². The molecule has 0 aliphatic carbocycles. The van der Waals surface area contributed by atoms with Crippen LogP contribution in [0.2, 0.25) is 0 Å². The zero-order valence-corrected chi connectivity index (χ0v) is 16.2. The van der Waals surface area contributed by atoms with Gasteiger partial charge >= 0.3 is 0 Å². The number of ether oxygens (including phenoxy) is 1. The monoisotopic (exact) mass is 405 g/mol. The van der Waals surface area contributed by atoms with E-state index < -0.39 is 0 Å². The first-order valence-electron chi connectivity index (χ1n) is 8.50. The lowest BCUT2D eigenvalue weighted by Gasteiger charge is -2.15. The Bertz CT molecular complexity index is 1060. The number of anilines is 1. The predicted molar refractivity (Wildman–Crippen MR) is 117 cm³/mol. The Balaban J connectivity index is 1.54. The Kier molecular flexibility index (Phi) is 5.14. The number of aromatic hydroxyl groups is 1. The molecule has 1 saturated heterocycles. The average molecular weight is 406 g/mol. The number of carbonyl (C=O) groups excluding carboxylic acids is 1. The van der Waals surface area contributed by atoms with Crippen LogP contribution in [0, 0.1) is 0 Å². The van der Waals surface area contributed by atoms with Crippen molar-refractivity contribution in [3.63, 3.8) is 0 Å². The third-order valence-corrected chi connectivity index (χ3v) is 5.34. The quantitative estimate of drug-likeness (QED) is 0.453. The molecule has 28 heavy (non-hydrogen) atoms. The van der Waals surface area contributed by atoms with Gasteiger partial charge in [-0.1, -0.05) is 54.3 Å². The number of amides is 1. The molecule has 1 N–H and O–H groups in total. The Morgan fingerprint density at radius 1 is 0.929 bits per heavy atom. The molecule has 3 aromatic carbocycles. The second-order valence-electron chi connectivity index (χ2n) is 6.02. The van der Waals surface area contributed by atoms with Crippen LogP contribution in [0.5, 0.6) is 17.2 Å². The molecule has 0 saturated carbocycles. The van der Waals surface area contributed by atoms with Gasteiger partial charge in [-0.25, -0.2) is 0 Å². The molecule has 4 rings (SSSR count). The maximum absolute atomic E-state index is 12.8. The topological polar surface area (TPSA) is 49.8 Å². The van der Waals surface area contributed by atoms with E-state index in [1.807, 2.05) is 36.4 Å². The molecule has 1 aliphatic rings. The summed E-state index contributed by atoms with van der Waals surface area (Å²) in [7, 11) is 0. The highest BCUT2D eigenvalue weighted by Crippen LogP contribution is 2.37. The van der Waals surface area contributed by atoms with Gasteiger partial charge in [0.15, 0.2) is 4.32 Å². The lowest BCUT2D eigenvalue weighted by Crippen LogP contribution is -2.27. The summed E-state index contributed by atoms with van der Waals surface area (Å²) in [4.78, 5) is 14.9. The molecular formula is C22H15NO3S2. The molecule has 1 fully saturated rings. The van der Waals surface area contributed by atoms with Crippen molar-refractivity contribution in [2.24, 2.45) is 0 Å². The van der Waals surface area contributed by atoms with E-state index in [9.17, 15) is 9.90 Å². The molecular weight excluding hydrogens is 390 g/mol. The number of hydrogen-bond donors (Lipinski definition) is 1. The lowest BCUT2D eigenvalue weighted by molar-refractivity contribution is -0.113. The zero-order valence-electron chi connectivity index (χ0n) is 14.6. The molecule has 0 radical (unpaired) electrons. The summed E-state index contributed by atoms with van der Waals surface area (Å²) in [6, 6.07) is 23.4. The third kappa shape index (κ3) is 3.93. The summed E-state index contributed by atoms with van der Waals surface area (Å²) in [5.41, 5.74) is 1.43. The van der Waals surface area contributed by atoms with E-state index in [2.05, 4.69) is 0 Å². The molecule has 4 nitrogen and oxygen atoms in total. The Labute approximate surface area is 172 Å². The van der Waals surface area contributed by atoms with E-state index in [-0.39, 0.29) is 11.7 Å². The van der Waals surface area contributed by atoms with Crippen LogP contribution < -0.4 is 9.64 Å². The fraction of sp³-hybridized carbons (Fsp3) is 0. The molecule has 1 amide bonds. The molecule has 0 bridgehead atoms. The summed E-state index contributed by atoms with van der Waals surface area (Å²) >= 11 is 6.64. The number of benzene rings is 3. The SMILES string of the molecule is O=C1C(=Cc2cccc(O)c2)SC(=S)N1c1ccc(Oc2ccccc2)cc1. The largest absolute Gasteiger partial charge is 0.508 e. The van der Waals surface area contributed by atoms with Crippen molar-refractivity contribution >= 4 is 46.0 Å². The first kappa shape index (κ1) is 18.3. The first-order valence-corrected chi connectivity index (χ1v) is 9.72. The molecule has 6 heteroatoms. The summed E-state index contributed by atoms with van der Waals surface area (Å²) in [5.74, 6) is 1.39. The van der Waals surface area contributed by atoms with Crippen LogP contribution in [0.1, 0.15) is 5.56 Å². The van der Waals surface area contributed by atoms with E-state index >= 15 is 0 Å². The van der Waals surface area contributed by atoms with Crippen molar-refractivity contribution < 1.29 is 14.6 Å². The van der Waals surface area contributed by atoms with Crippen molar-refractivity contribution in [1.29, 1.82) is 0 Å². The second kappa shape index (κ2) is 7.88. The maximum Gasteiger partial charge on any atom is 0.270 e. The molecule has 0 aromatic heterocycles. The van der Waals surface area contributed by atoms with Gasteiger partial charge in [-0.3, -0.25) is 9.69 Å². The first-order chi connectivity index (χ1) is 13.6. The van der Waals surface area contributed by atoms with Gasteiger partial charge < -0.3 is 9.84 Å². The zero-order chi connectivity index (χ0) is 19.5. The molecule has 138 valence electrons. The number of hydrogen-bond acceptors (Lipinski definition) is 5. The van der Waals surface area contributed by atoms with Crippen molar-refractivity contribution in [2.45, 2.75) is 0 Å². The highest BCUT2D eigenvalue weighted by molar-refractivity contribution is 8.27. The summed E-state index contributed by atoms with van der Waals surface area (Å²) < 4.78 is 6.25. The Morgan fingerprint density at radius 2 is 1.64 bits per heavy atom. The average Bonchev–Trinajstić information content (AvgIpc) is 2.97. The number of phenols is 1. The Hall–Kier alpha value is -3.09. The number of nitrogens with zero attached hydrogens (tertiary/aromatic N) is 1. The molecule has 3 aromatic rings. The number of rotatable bonds is 4. The number of thioether (sulfide) groups is 1. The maximum atomic E-state index is 12.8. The fourth-order valence-electron chi connectivity index (χ4n) is 2.74. The van der Waals surface area contributed by atoms with Crippen LogP contribution in [-0.4, -0.2) is 15.3 Å². The summed E-state index contributed by atoms with van der Waals surface area (Å²) in [6.07, 6.45) is 1.73. The number of carbonyl (C=O) groups is 1. The summed E-state index contributed by atoms with van der Waals surface area (Å²) in [6.45, 7) is 0. The van der Waals surface area contributed by atoms with Crippen molar-refractivity contribution in [3.8, 4) is 17.2 Å². The van der Waals surface area contributed by atoms with Gasteiger partial charge in [0.25, 0.3) is 5.91 Å². The van der Waals surface area contributed by atoms with E-state index in [1.165, 1.54) is 16.7 Å². The van der Waals surface area contributed by atoms with Crippen LogP contribution in [-0.2, 0) is 4.79 Å².